The van der Waals surface area contributed by atoms with E-state index in [2.05, 4.69) is 10.6 Å². The van der Waals surface area contributed by atoms with Gasteiger partial charge in [-0.2, -0.15) is 0 Å². The van der Waals surface area contributed by atoms with Crippen LogP contribution in [0.2, 0.25) is 0 Å². The second-order valence-electron chi connectivity index (χ2n) is 6.43. The fraction of sp³-hybridized carbons (Fsp3) is 0.286. The van der Waals surface area contributed by atoms with Gasteiger partial charge >= 0.3 is 11.9 Å². The monoisotopic (exact) mass is 429 g/mol. The summed E-state index contributed by atoms with van der Waals surface area (Å²) >= 11 is 0. The number of nitro benzene ring substituents is 1. The van der Waals surface area contributed by atoms with Crippen LogP contribution in [0.3, 0.4) is 0 Å². The van der Waals surface area contributed by atoms with E-state index in [0.717, 1.165) is 18.9 Å². The molecule has 0 fully saturated rings. The Hall–Kier alpha value is -3.95. The molecule has 0 radical (unpaired) electrons. The van der Waals surface area contributed by atoms with Crippen molar-refractivity contribution in [2.45, 2.75) is 19.8 Å². The van der Waals surface area contributed by atoms with Gasteiger partial charge in [0.05, 0.1) is 22.7 Å². The molecule has 164 valence electrons. The van der Waals surface area contributed by atoms with Gasteiger partial charge in [-0.3, -0.25) is 14.9 Å². The molecule has 31 heavy (non-hydrogen) atoms. The maximum Gasteiger partial charge on any atom is 0.338 e. The number of hydrogen-bond donors (Lipinski definition) is 2. The largest absolute Gasteiger partial charge is 0.462 e. The molecule has 10 heteroatoms. The molecular weight excluding hydrogens is 406 g/mol. The third-order valence-electron chi connectivity index (χ3n) is 4.17. The molecule has 0 aliphatic rings. The highest BCUT2D eigenvalue weighted by Gasteiger charge is 2.18. The Labute approximate surface area is 178 Å². The van der Waals surface area contributed by atoms with Gasteiger partial charge in [0, 0.05) is 18.8 Å². The van der Waals surface area contributed by atoms with Crippen molar-refractivity contribution < 1.29 is 28.8 Å². The molecule has 0 atom stereocenters. The number of ether oxygens (including phenoxy) is 2. The molecule has 0 saturated heterocycles. The van der Waals surface area contributed by atoms with Crippen LogP contribution in [0.4, 0.5) is 17.1 Å². The van der Waals surface area contributed by atoms with Gasteiger partial charge in [-0.05, 0) is 42.8 Å². The van der Waals surface area contributed by atoms with E-state index in [-0.39, 0.29) is 16.9 Å². The summed E-state index contributed by atoms with van der Waals surface area (Å²) in [6.07, 6.45) is 1.70. The Morgan fingerprint density at radius 2 is 1.65 bits per heavy atom. The zero-order chi connectivity index (χ0) is 22.8. The van der Waals surface area contributed by atoms with E-state index in [1.807, 2.05) is 6.92 Å². The van der Waals surface area contributed by atoms with Crippen molar-refractivity contribution >= 4 is 34.9 Å². The summed E-state index contributed by atoms with van der Waals surface area (Å²) in [7, 11) is 1.52. The lowest BCUT2D eigenvalue weighted by molar-refractivity contribution is -0.384. The molecule has 0 spiro atoms. The third-order valence-corrected chi connectivity index (χ3v) is 4.17. The number of hydrogen-bond acceptors (Lipinski definition) is 8. The number of carbonyl (C=O) groups is 3. The summed E-state index contributed by atoms with van der Waals surface area (Å²) in [4.78, 5) is 46.4. The minimum absolute atomic E-state index is 0.0514. The van der Waals surface area contributed by atoms with Crippen molar-refractivity contribution in [2.75, 3.05) is 30.9 Å². The van der Waals surface area contributed by atoms with Gasteiger partial charge in [-0.1, -0.05) is 13.3 Å². The molecule has 0 aromatic heterocycles. The predicted molar refractivity (Wildman–Crippen MR) is 113 cm³/mol. The first kappa shape index (κ1) is 23.3. The summed E-state index contributed by atoms with van der Waals surface area (Å²) in [5.74, 6) is -1.92. The van der Waals surface area contributed by atoms with E-state index in [1.54, 1.807) is 0 Å². The smallest absolute Gasteiger partial charge is 0.338 e. The Morgan fingerprint density at radius 1 is 1.00 bits per heavy atom. The van der Waals surface area contributed by atoms with Crippen LogP contribution in [-0.2, 0) is 14.3 Å². The number of benzene rings is 2. The lowest BCUT2D eigenvalue weighted by Gasteiger charge is -2.08. The molecule has 1 amide bonds. The fourth-order valence-electron chi connectivity index (χ4n) is 2.51. The Kier molecular flexibility index (Phi) is 8.50. The maximum absolute atomic E-state index is 12.1. The second-order valence-corrected chi connectivity index (χ2v) is 6.43. The minimum atomic E-state index is -0.869. The summed E-state index contributed by atoms with van der Waals surface area (Å²) < 4.78 is 10.0. The van der Waals surface area contributed by atoms with Crippen LogP contribution in [0, 0.1) is 10.1 Å². The molecule has 0 unspecified atom stereocenters. The number of anilines is 2. The first-order valence-corrected chi connectivity index (χ1v) is 9.56. The standard InChI is InChI=1S/C21H23N3O7/c1-3-4-11-30-20(26)14-5-8-16(9-6-14)23-19(25)13-31-21(27)15-7-10-17(22-2)18(12-15)24(28)29/h5-10,12,22H,3-4,11,13H2,1-2H3,(H,23,25). The minimum Gasteiger partial charge on any atom is -0.462 e. The van der Waals surface area contributed by atoms with Crippen LogP contribution < -0.4 is 10.6 Å². The van der Waals surface area contributed by atoms with Gasteiger partial charge in [0.15, 0.2) is 6.61 Å². The SMILES string of the molecule is CCCCOC(=O)c1ccc(NC(=O)COC(=O)c2ccc(NC)c([N+](=O)[O-])c2)cc1. The topological polar surface area (TPSA) is 137 Å². The van der Waals surface area contributed by atoms with Crippen LogP contribution in [0.15, 0.2) is 42.5 Å². The number of nitrogens with one attached hydrogen (secondary N) is 2. The average molecular weight is 429 g/mol. The highest BCUT2D eigenvalue weighted by molar-refractivity contribution is 5.96. The predicted octanol–water partition coefficient (Wildman–Crippen LogP) is 3.39. The number of unbranched alkanes of at least 4 members (excludes halogenated alkanes) is 1. The molecule has 0 aliphatic heterocycles. The molecule has 2 N–H and O–H groups in total. The summed E-state index contributed by atoms with van der Waals surface area (Å²) in [5.41, 5.74) is 0.670. The molecule has 2 aromatic carbocycles. The van der Waals surface area contributed by atoms with Gasteiger partial charge in [0.1, 0.15) is 5.69 Å². The van der Waals surface area contributed by atoms with Gasteiger partial charge in [0.25, 0.3) is 11.6 Å². The fourth-order valence-corrected chi connectivity index (χ4v) is 2.51. The third kappa shape index (κ3) is 6.81. The number of carbonyl (C=O) groups excluding carboxylic acids is 3. The molecule has 0 aliphatic carbocycles. The van der Waals surface area contributed by atoms with E-state index < -0.39 is 29.4 Å². The van der Waals surface area contributed by atoms with E-state index in [9.17, 15) is 24.5 Å². The van der Waals surface area contributed by atoms with E-state index in [0.29, 0.717) is 17.9 Å². The first-order chi connectivity index (χ1) is 14.8. The van der Waals surface area contributed by atoms with Crippen molar-refractivity contribution in [3.8, 4) is 0 Å². The number of rotatable bonds is 10. The quantitative estimate of drug-likeness (QED) is 0.254. The van der Waals surface area contributed by atoms with Crippen molar-refractivity contribution in [3.05, 3.63) is 63.7 Å². The zero-order valence-electron chi connectivity index (χ0n) is 17.2. The summed E-state index contributed by atoms with van der Waals surface area (Å²) in [6.45, 7) is 1.76. The Morgan fingerprint density at radius 3 is 2.26 bits per heavy atom. The van der Waals surface area contributed by atoms with E-state index in [1.165, 1.54) is 43.4 Å². The molecule has 10 nitrogen and oxygen atoms in total. The van der Waals surface area contributed by atoms with Crippen LogP contribution >= 0.6 is 0 Å². The van der Waals surface area contributed by atoms with Crippen LogP contribution in [0.5, 0.6) is 0 Å². The lowest BCUT2D eigenvalue weighted by Crippen LogP contribution is -2.21. The van der Waals surface area contributed by atoms with Gasteiger partial charge in [-0.15, -0.1) is 0 Å². The van der Waals surface area contributed by atoms with Crippen LogP contribution in [0.1, 0.15) is 40.5 Å². The Bertz CT molecular complexity index is 958. The first-order valence-electron chi connectivity index (χ1n) is 9.56. The molecular formula is C21H23N3O7. The van der Waals surface area contributed by atoms with Crippen molar-refractivity contribution in [1.82, 2.24) is 0 Å². The van der Waals surface area contributed by atoms with Crippen molar-refractivity contribution in [2.24, 2.45) is 0 Å². The lowest BCUT2D eigenvalue weighted by atomic mass is 10.1. The zero-order valence-corrected chi connectivity index (χ0v) is 17.2. The number of amides is 1. The summed E-state index contributed by atoms with van der Waals surface area (Å²) in [6, 6.07) is 9.88. The van der Waals surface area contributed by atoms with Crippen LogP contribution in [0.25, 0.3) is 0 Å². The van der Waals surface area contributed by atoms with Crippen molar-refractivity contribution in [1.29, 1.82) is 0 Å². The van der Waals surface area contributed by atoms with Crippen LogP contribution in [-0.4, -0.2) is 43.0 Å². The number of nitrogens with zero attached hydrogens (tertiary/aromatic N) is 1. The Balaban J connectivity index is 1.89. The van der Waals surface area contributed by atoms with E-state index in [4.69, 9.17) is 9.47 Å². The van der Waals surface area contributed by atoms with Gasteiger partial charge < -0.3 is 20.1 Å². The number of esters is 2. The molecule has 2 rings (SSSR count). The summed E-state index contributed by atoms with van der Waals surface area (Å²) in [5, 5.41) is 16.3. The number of nitro groups is 1. The normalized spacial score (nSPS) is 10.1. The van der Waals surface area contributed by atoms with Gasteiger partial charge in [0.2, 0.25) is 0 Å². The van der Waals surface area contributed by atoms with Crippen molar-refractivity contribution in [3.63, 3.8) is 0 Å². The highest BCUT2D eigenvalue weighted by Crippen LogP contribution is 2.25. The molecule has 2 aromatic rings. The highest BCUT2D eigenvalue weighted by atomic mass is 16.6. The molecule has 0 saturated carbocycles. The molecule has 0 bridgehead atoms. The second kappa shape index (κ2) is 11.3. The van der Waals surface area contributed by atoms with Gasteiger partial charge in [-0.25, -0.2) is 9.59 Å². The maximum atomic E-state index is 12.1. The van der Waals surface area contributed by atoms with E-state index >= 15 is 0 Å². The average Bonchev–Trinajstić information content (AvgIpc) is 2.77. The molecule has 0 heterocycles.